The number of benzene rings is 1. The Kier molecular flexibility index (Phi) is 8.58. The summed E-state index contributed by atoms with van der Waals surface area (Å²) in [7, 11) is 0. The second-order valence-corrected chi connectivity index (χ2v) is 8.39. The summed E-state index contributed by atoms with van der Waals surface area (Å²) in [5.74, 6) is 0.196. The van der Waals surface area contributed by atoms with Gasteiger partial charge in [-0.25, -0.2) is 4.39 Å². The summed E-state index contributed by atoms with van der Waals surface area (Å²) in [5.41, 5.74) is 6.07. The number of unbranched alkanes of at least 4 members (excludes halogenated alkanes) is 2. The molecule has 1 unspecified atom stereocenters. The number of rotatable bonds is 9. The van der Waals surface area contributed by atoms with Crippen molar-refractivity contribution in [2.45, 2.75) is 85.2 Å². The maximum atomic E-state index is 13.7. The van der Waals surface area contributed by atoms with Crippen molar-refractivity contribution in [1.82, 2.24) is 4.98 Å². The second kappa shape index (κ2) is 10.7. The first kappa shape index (κ1) is 23.3. The molecule has 1 heterocycles. The fourth-order valence-corrected chi connectivity index (χ4v) is 3.92. The van der Waals surface area contributed by atoms with E-state index in [9.17, 15) is 9.50 Å². The number of allylic oxidation sites excluding steroid dienone is 1. The minimum atomic E-state index is -0.740. The van der Waals surface area contributed by atoms with Gasteiger partial charge in [0, 0.05) is 17.0 Å². The molecule has 2 aromatic rings. The van der Waals surface area contributed by atoms with Gasteiger partial charge >= 0.3 is 0 Å². The third kappa shape index (κ3) is 5.54. The van der Waals surface area contributed by atoms with Crippen LogP contribution in [0.2, 0.25) is 0 Å². The molecular formula is C26H36FNO. The van der Waals surface area contributed by atoms with Crippen LogP contribution in [0.4, 0.5) is 4.39 Å². The molecule has 0 fully saturated rings. The van der Waals surface area contributed by atoms with Crippen molar-refractivity contribution in [1.29, 1.82) is 0 Å². The number of aliphatic hydroxyl groups excluding tert-OH is 1. The summed E-state index contributed by atoms with van der Waals surface area (Å²) < 4.78 is 13.7. The van der Waals surface area contributed by atoms with E-state index in [-0.39, 0.29) is 17.7 Å². The molecule has 0 saturated carbocycles. The lowest BCUT2D eigenvalue weighted by molar-refractivity contribution is 0.226. The molecule has 1 N–H and O–H groups in total. The second-order valence-electron chi connectivity index (χ2n) is 8.39. The van der Waals surface area contributed by atoms with Gasteiger partial charge in [0.05, 0.1) is 6.10 Å². The van der Waals surface area contributed by atoms with Crippen LogP contribution in [0.1, 0.15) is 101 Å². The zero-order valence-corrected chi connectivity index (χ0v) is 18.8. The average Bonchev–Trinajstić information content (AvgIpc) is 2.68. The van der Waals surface area contributed by atoms with Crippen LogP contribution in [0.15, 0.2) is 36.4 Å². The van der Waals surface area contributed by atoms with Gasteiger partial charge < -0.3 is 5.11 Å². The number of aromatic nitrogens is 1. The van der Waals surface area contributed by atoms with E-state index in [1.54, 1.807) is 6.08 Å². The maximum Gasteiger partial charge on any atom is 0.123 e. The van der Waals surface area contributed by atoms with Gasteiger partial charge in [-0.05, 0) is 60.4 Å². The molecule has 0 saturated heterocycles. The molecule has 1 atom stereocenters. The molecular weight excluding hydrogens is 361 g/mol. The first-order chi connectivity index (χ1) is 13.8. The lowest BCUT2D eigenvalue weighted by Crippen LogP contribution is -2.14. The lowest BCUT2D eigenvalue weighted by Gasteiger charge is -2.26. The zero-order valence-electron chi connectivity index (χ0n) is 18.8. The molecule has 3 heteroatoms. The van der Waals surface area contributed by atoms with Crippen LogP contribution < -0.4 is 0 Å². The van der Waals surface area contributed by atoms with Crippen LogP contribution in [0, 0.1) is 5.82 Å². The maximum absolute atomic E-state index is 13.7. The van der Waals surface area contributed by atoms with Crippen LogP contribution >= 0.6 is 0 Å². The number of hydrogen-bond acceptors (Lipinski definition) is 2. The minimum Gasteiger partial charge on any atom is -0.384 e. The number of nitrogens with zero attached hydrogens (tertiary/aromatic N) is 1. The van der Waals surface area contributed by atoms with Gasteiger partial charge in [0.15, 0.2) is 0 Å². The third-order valence-corrected chi connectivity index (χ3v) is 5.32. The van der Waals surface area contributed by atoms with Crippen molar-refractivity contribution < 1.29 is 9.50 Å². The van der Waals surface area contributed by atoms with E-state index in [0.717, 1.165) is 53.8 Å². The van der Waals surface area contributed by atoms with Crippen LogP contribution in [0.5, 0.6) is 0 Å². The van der Waals surface area contributed by atoms with Gasteiger partial charge in [-0.3, -0.25) is 4.98 Å². The van der Waals surface area contributed by atoms with Gasteiger partial charge in [0.1, 0.15) is 5.82 Å². The quantitative estimate of drug-likeness (QED) is 0.351. The predicted octanol–water partition coefficient (Wildman–Crippen LogP) is 7.48. The highest BCUT2D eigenvalue weighted by atomic mass is 19.1. The van der Waals surface area contributed by atoms with Gasteiger partial charge in [0.25, 0.3) is 0 Å². The van der Waals surface area contributed by atoms with Crippen molar-refractivity contribution in [3.05, 3.63) is 64.7 Å². The Balaban J connectivity index is 2.90. The highest BCUT2D eigenvalue weighted by molar-refractivity contribution is 5.74. The summed E-state index contributed by atoms with van der Waals surface area (Å²) in [5, 5.41) is 11.1. The summed E-state index contributed by atoms with van der Waals surface area (Å²) in [6.45, 7) is 12.7. The lowest BCUT2D eigenvalue weighted by atomic mass is 9.83. The summed E-state index contributed by atoms with van der Waals surface area (Å²) in [6, 6.07) is 6.66. The molecule has 158 valence electrons. The fourth-order valence-electron chi connectivity index (χ4n) is 3.92. The molecule has 1 aromatic carbocycles. The van der Waals surface area contributed by atoms with Crippen LogP contribution in [0.25, 0.3) is 11.1 Å². The standard InChI is InChI=1S/C26H36FNO/c1-7-9-10-12-21-23(19-13-15-20(27)16-14-19)24(22(29)11-8-2)26(18(5)6)28-25(21)17(3)4/h8,11,13-18,22,29H,7,9-10,12H2,1-6H3. The van der Waals surface area contributed by atoms with E-state index < -0.39 is 6.10 Å². The van der Waals surface area contributed by atoms with E-state index in [1.165, 1.54) is 17.7 Å². The van der Waals surface area contributed by atoms with Gasteiger partial charge in [-0.15, -0.1) is 0 Å². The van der Waals surface area contributed by atoms with E-state index >= 15 is 0 Å². The SMILES string of the molecule is CC=CC(O)c1c(C(C)C)nc(C(C)C)c(CCCCC)c1-c1ccc(F)cc1. The Bertz CT molecular complexity index is 822. The Morgan fingerprint density at radius 1 is 1.00 bits per heavy atom. The molecule has 0 aliphatic rings. The summed E-state index contributed by atoms with van der Waals surface area (Å²) in [4.78, 5) is 5.09. The number of hydrogen-bond donors (Lipinski definition) is 1. The molecule has 29 heavy (non-hydrogen) atoms. The Morgan fingerprint density at radius 3 is 2.14 bits per heavy atom. The molecule has 0 radical (unpaired) electrons. The van der Waals surface area contributed by atoms with Crippen molar-refractivity contribution in [2.24, 2.45) is 0 Å². The molecule has 2 nitrogen and oxygen atoms in total. The number of halogens is 1. The van der Waals surface area contributed by atoms with E-state index in [2.05, 4.69) is 34.6 Å². The highest BCUT2D eigenvalue weighted by Gasteiger charge is 2.26. The van der Waals surface area contributed by atoms with Gasteiger partial charge in [0.2, 0.25) is 0 Å². The molecule has 2 rings (SSSR count). The monoisotopic (exact) mass is 397 g/mol. The Hall–Kier alpha value is -2.00. The zero-order chi connectivity index (χ0) is 21.6. The largest absolute Gasteiger partial charge is 0.384 e. The van der Waals surface area contributed by atoms with Gasteiger partial charge in [-0.1, -0.05) is 71.7 Å². The Labute approximate surface area is 175 Å². The minimum absolute atomic E-state index is 0.172. The fraction of sp³-hybridized carbons (Fsp3) is 0.500. The van der Waals surface area contributed by atoms with Crippen molar-refractivity contribution in [3.8, 4) is 11.1 Å². The third-order valence-electron chi connectivity index (χ3n) is 5.32. The summed E-state index contributed by atoms with van der Waals surface area (Å²) in [6.07, 6.45) is 7.22. The van der Waals surface area contributed by atoms with Crippen LogP contribution in [-0.4, -0.2) is 10.1 Å². The van der Waals surface area contributed by atoms with Crippen LogP contribution in [0.3, 0.4) is 0 Å². The molecule has 0 aliphatic carbocycles. The number of aliphatic hydroxyl groups is 1. The van der Waals surface area contributed by atoms with Crippen molar-refractivity contribution in [2.75, 3.05) is 0 Å². The van der Waals surface area contributed by atoms with Gasteiger partial charge in [-0.2, -0.15) is 0 Å². The predicted molar refractivity (Wildman–Crippen MR) is 121 cm³/mol. The molecule has 1 aromatic heterocycles. The molecule has 0 bridgehead atoms. The molecule has 0 aliphatic heterocycles. The summed E-state index contributed by atoms with van der Waals surface area (Å²) >= 11 is 0. The Morgan fingerprint density at radius 2 is 1.62 bits per heavy atom. The molecule has 0 amide bonds. The van der Waals surface area contributed by atoms with Crippen molar-refractivity contribution in [3.63, 3.8) is 0 Å². The van der Waals surface area contributed by atoms with E-state index in [0.29, 0.717) is 0 Å². The van der Waals surface area contributed by atoms with Crippen molar-refractivity contribution >= 4 is 0 Å². The first-order valence-corrected chi connectivity index (χ1v) is 10.9. The average molecular weight is 398 g/mol. The van der Waals surface area contributed by atoms with E-state index in [1.807, 2.05) is 25.1 Å². The molecule has 0 spiro atoms. The topological polar surface area (TPSA) is 33.1 Å². The van der Waals surface area contributed by atoms with Crippen LogP contribution in [-0.2, 0) is 6.42 Å². The first-order valence-electron chi connectivity index (χ1n) is 10.9. The number of pyridine rings is 1. The van der Waals surface area contributed by atoms with E-state index in [4.69, 9.17) is 4.98 Å². The highest BCUT2D eigenvalue weighted by Crippen LogP contribution is 2.40. The smallest absolute Gasteiger partial charge is 0.123 e. The normalized spacial score (nSPS) is 13.0.